The van der Waals surface area contributed by atoms with Crippen molar-refractivity contribution in [2.24, 2.45) is 11.1 Å². The molecule has 0 aliphatic rings. The molecule has 1 amide bonds. The van der Waals surface area contributed by atoms with Crippen molar-refractivity contribution in [2.75, 3.05) is 11.9 Å². The molecule has 0 fully saturated rings. The van der Waals surface area contributed by atoms with E-state index in [4.69, 9.17) is 15.7 Å². The van der Waals surface area contributed by atoms with Crippen LogP contribution in [0.3, 0.4) is 0 Å². The molecule has 1 aromatic rings. The number of nitrogens with zero attached hydrogens (tertiary/aromatic N) is 2. The fraction of sp³-hybridized carbons (Fsp3) is 0.462. The van der Waals surface area contributed by atoms with Gasteiger partial charge in [0.2, 0.25) is 0 Å². The van der Waals surface area contributed by atoms with Crippen molar-refractivity contribution >= 4 is 11.9 Å². The Labute approximate surface area is 112 Å². The molecule has 0 saturated heterocycles. The highest BCUT2D eigenvalue weighted by Gasteiger charge is 2.27. The Morgan fingerprint density at radius 2 is 2.26 bits per heavy atom. The van der Waals surface area contributed by atoms with Gasteiger partial charge in [0.1, 0.15) is 18.0 Å². The molecule has 3 N–H and O–H groups in total. The van der Waals surface area contributed by atoms with Crippen LogP contribution in [-0.4, -0.2) is 23.7 Å². The van der Waals surface area contributed by atoms with Gasteiger partial charge in [-0.25, -0.2) is 9.78 Å². The van der Waals surface area contributed by atoms with Crippen LogP contribution in [-0.2, 0) is 4.74 Å². The lowest BCUT2D eigenvalue weighted by molar-refractivity contribution is 0.0457. The first kappa shape index (κ1) is 14.8. The van der Waals surface area contributed by atoms with Crippen LogP contribution in [0.25, 0.3) is 0 Å². The van der Waals surface area contributed by atoms with Gasteiger partial charge in [-0.05, 0) is 12.1 Å². The van der Waals surface area contributed by atoms with Crippen molar-refractivity contribution in [3.05, 3.63) is 23.9 Å². The third-order valence-electron chi connectivity index (χ3n) is 2.59. The van der Waals surface area contributed by atoms with Crippen LogP contribution in [0.4, 0.5) is 10.6 Å². The smallest absolute Gasteiger partial charge is 0.404 e. The number of rotatable bonds is 4. The van der Waals surface area contributed by atoms with Gasteiger partial charge in [0, 0.05) is 11.6 Å². The highest BCUT2D eigenvalue weighted by atomic mass is 16.6. The molecule has 6 heteroatoms. The first-order valence-corrected chi connectivity index (χ1v) is 5.89. The Hall–Kier alpha value is -2.29. The normalized spacial score (nSPS) is 12.3. The van der Waals surface area contributed by atoms with E-state index in [0.717, 1.165) is 0 Å². The SMILES string of the molecule is CC(C)(C)C(CNc1ccc(C#N)cn1)OC(N)=O. The van der Waals surface area contributed by atoms with Gasteiger partial charge < -0.3 is 15.8 Å². The van der Waals surface area contributed by atoms with Gasteiger partial charge in [0.15, 0.2) is 0 Å². The van der Waals surface area contributed by atoms with Crippen LogP contribution < -0.4 is 11.1 Å². The number of nitrogens with two attached hydrogens (primary N) is 1. The molecule has 0 saturated carbocycles. The van der Waals surface area contributed by atoms with Crippen molar-refractivity contribution in [1.29, 1.82) is 5.26 Å². The number of amides is 1. The van der Waals surface area contributed by atoms with Gasteiger partial charge in [-0.15, -0.1) is 0 Å². The Morgan fingerprint density at radius 1 is 1.58 bits per heavy atom. The number of primary amides is 1. The van der Waals surface area contributed by atoms with E-state index in [1.165, 1.54) is 6.20 Å². The summed E-state index contributed by atoms with van der Waals surface area (Å²) < 4.78 is 5.08. The van der Waals surface area contributed by atoms with Crippen molar-refractivity contribution in [2.45, 2.75) is 26.9 Å². The van der Waals surface area contributed by atoms with E-state index in [2.05, 4.69) is 10.3 Å². The second kappa shape index (κ2) is 6.05. The molecule has 6 nitrogen and oxygen atoms in total. The summed E-state index contributed by atoms with van der Waals surface area (Å²) >= 11 is 0. The summed E-state index contributed by atoms with van der Waals surface area (Å²) in [5.74, 6) is 0.612. The van der Waals surface area contributed by atoms with Gasteiger partial charge in [0.25, 0.3) is 0 Å². The van der Waals surface area contributed by atoms with E-state index < -0.39 is 6.09 Å². The minimum Gasteiger partial charge on any atom is -0.444 e. The minimum absolute atomic E-state index is 0.241. The van der Waals surface area contributed by atoms with E-state index in [-0.39, 0.29) is 11.5 Å². The van der Waals surface area contributed by atoms with Crippen LogP contribution >= 0.6 is 0 Å². The van der Waals surface area contributed by atoms with Crippen molar-refractivity contribution in [3.63, 3.8) is 0 Å². The summed E-state index contributed by atoms with van der Waals surface area (Å²) in [6.07, 6.45) is 0.306. The van der Waals surface area contributed by atoms with E-state index in [9.17, 15) is 4.79 Å². The number of aromatic nitrogens is 1. The Morgan fingerprint density at radius 3 is 2.68 bits per heavy atom. The Bertz CT molecular complexity index is 471. The minimum atomic E-state index is -0.797. The molecule has 1 heterocycles. The van der Waals surface area contributed by atoms with E-state index in [1.807, 2.05) is 26.8 Å². The monoisotopic (exact) mass is 262 g/mol. The lowest BCUT2D eigenvalue weighted by Crippen LogP contribution is -2.39. The van der Waals surface area contributed by atoms with E-state index in [1.54, 1.807) is 12.1 Å². The van der Waals surface area contributed by atoms with Crippen LogP contribution in [0.2, 0.25) is 0 Å². The van der Waals surface area contributed by atoms with Crippen LogP contribution in [0, 0.1) is 16.7 Å². The molecule has 19 heavy (non-hydrogen) atoms. The number of hydrogen-bond donors (Lipinski definition) is 2. The highest BCUT2D eigenvalue weighted by Crippen LogP contribution is 2.22. The molecule has 1 aromatic heterocycles. The zero-order valence-electron chi connectivity index (χ0n) is 11.3. The molecule has 0 aliphatic heterocycles. The van der Waals surface area contributed by atoms with E-state index >= 15 is 0 Å². The summed E-state index contributed by atoms with van der Waals surface area (Å²) in [5, 5.41) is 11.7. The molecular formula is C13H18N4O2. The number of ether oxygens (including phenoxy) is 1. The number of carbonyl (C=O) groups is 1. The average molecular weight is 262 g/mol. The molecule has 1 unspecified atom stereocenters. The maximum absolute atomic E-state index is 10.9. The number of nitrogens with one attached hydrogen (secondary N) is 1. The number of anilines is 1. The molecule has 0 radical (unpaired) electrons. The Balaban J connectivity index is 2.65. The zero-order valence-corrected chi connectivity index (χ0v) is 11.3. The van der Waals surface area contributed by atoms with Gasteiger partial charge in [-0.3, -0.25) is 0 Å². The van der Waals surface area contributed by atoms with Crippen molar-refractivity contribution in [3.8, 4) is 6.07 Å². The average Bonchev–Trinajstić information content (AvgIpc) is 2.33. The maximum Gasteiger partial charge on any atom is 0.404 e. The highest BCUT2D eigenvalue weighted by molar-refractivity contribution is 5.65. The lowest BCUT2D eigenvalue weighted by Gasteiger charge is -2.29. The number of pyridine rings is 1. The quantitative estimate of drug-likeness (QED) is 0.862. The first-order valence-electron chi connectivity index (χ1n) is 5.89. The second-order valence-corrected chi connectivity index (χ2v) is 5.22. The number of carbonyl (C=O) groups excluding carboxylic acids is 1. The third-order valence-corrected chi connectivity index (χ3v) is 2.59. The number of hydrogen-bond acceptors (Lipinski definition) is 5. The van der Waals surface area contributed by atoms with Crippen molar-refractivity contribution in [1.82, 2.24) is 4.98 Å². The number of nitriles is 1. The fourth-order valence-corrected chi connectivity index (χ4v) is 1.43. The summed E-state index contributed by atoms with van der Waals surface area (Å²) in [6.45, 7) is 6.25. The summed E-state index contributed by atoms with van der Waals surface area (Å²) in [6, 6.07) is 5.35. The molecule has 1 rings (SSSR count). The van der Waals surface area contributed by atoms with Gasteiger partial charge in [-0.2, -0.15) is 5.26 Å². The van der Waals surface area contributed by atoms with Crippen molar-refractivity contribution < 1.29 is 9.53 Å². The third kappa shape index (κ3) is 4.84. The van der Waals surface area contributed by atoms with Crippen LogP contribution in [0.5, 0.6) is 0 Å². The summed E-state index contributed by atoms with van der Waals surface area (Å²) in [4.78, 5) is 14.9. The fourth-order valence-electron chi connectivity index (χ4n) is 1.43. The first-order chi connectivity index (χ1) is 8.82. The Kier molecular flexibility index (Phi) is 4.70. The molecular weight excluding hydrogens is 244 g/mol. The predicted octanol–water partition coefficient (Wildman–Crippen LogP) is 1.88. The second-order valence-electron chi connectivity index (χ2n) is 5.22. The summed E-state index contributed by atoms with van der Waals surface area (Å²) in [7, 11) is 0. The molecule has 0 spiro atoms. The molecule has 0 aromatic carbocycles. The summed E-state index contributed by atoms with van der Waals surface area (Å²) in [5.41, 5.74) is 5.31. The van der Waals surface area contributed by atoms with Gasteiger partial charge in [-0.1, -0.05) is 20.8 Å². The van der Waals surface area contributed by atoms with Crippen LogP contribution in [0.15, 0.2) is 18.3 Å². The van der Waals surface area contributed by atoms with Gasteiger partial charge >= 0.3 is 6.09 Å². The topological polar surface area (TPSA) is 101 Å². The predicted molar refractivity (Wildman–Crippen MR) is 71.4 cm³/mol. The standard InChI is InChI=1S/C13H18N4O2/c1-13(2,3)10(19-12(15)18)8-17-11-5-4-9(6-14)7-16-11/h4-5,7,10H,8H2,1-3H3,(H2,15,18)(H,16,17). The molecule has 102 valence electrons. The maximum atomic E-state index is 10.9. The zero-order chi connectivity index (χ0) is 14.5. The molecule has 1 atom stereocenters. The largest absolute Gasteiger partial charge is 0.444 e. The van der Waals surface area contributed by atoms with Gasteiger partial charge in [0.05, 0.1) is 12.1 Å². The molecule has 0 aliphatic carbocycles. The lowest BCUT2D eigenvalue weighted by atomic mass is 9.89. The van der Waals surface area contributed by atoms with E-state index in [0.29, 0.717) is 17.9 Å². The van der Waals surface area contributed by atoms with Crippen LogP contribution in [0.1, 0.15) is 26.3 Å². The molecule has 0 bridgehead atoms.